The van der Waals surface area contributed by atoms with Crippen LogP contribution >= 0.6 is 0 Å². The molecule has 36 atom stereocenters. The molecule has 26 nitrogen and oxygen atoms in total. The molecule has 6 saturated heterocycles. The van der Waals surface area contributed by atoms with Crippen LogP contribution in [0.4, 0.5) is 0 Å². The topological polar surface area (TPSA) is 394 Å². The second-order valence-electron chi connectivity index (χ2n) is 26.8. The minimum Gasteiger partial charge on any atom is -0.394 e. The standard InChI is InChI=1S/C58H96O26/c1-22(21-74-51-43(68)41(66)38(63)33(19-59)79-51)11-16-58(73-8)23(2)35-32(84-58)18-31-29-10-9-27-17-28(12-14-56(27,6)30(29)13-15-57(31,35)7)78-55-50(83-53-45(70)40(65)37(62)25(4)76-53)47(72)49(34(20-60)80-55)82-54-46(71)42(67)48(26(5)77-54)81-52-44(69)39(64)36(61)24(3)75-52/h9,22-26,28-55,59-72H,10-21H2,1-8H3. The van der Waals surface area contributed by atoms with Crippen LogP contribution in [0, 0.1) is 46.3 Å². The summed E-state index contributed by atoms with van der Waals surface area (Å²) in [6.45, 7) is 12.4. The zero-order valence-corrected chi connectivity index (χ0v) is 49.3. The third-order valence-electron chi connectivity index (χ3n) is 21.8. The first-order chi connectivity index (χ1) is 39.7. The Morgan fingerprint density at radius 1 is 0.571 bits per heavy atom. The van der Waals surface area contributed by atoms with E-state index < -0.39 is 179 Å². The fraction of sp³-hybridized carbons (Fsp3) is 0.966. The van der Waals surface area contributed by atoms with E-state index in [4.69, 9.17) is 56.8 Å². The van der Waals surface area contributed by atoms with Crippen molar-refractivity contribution in [2.75, 3.05) is 26.9 Å². The normalized spacial score (nSPS) is 55.3. The van der Waals surface area contributed by atoms with Gasteiger partial charge in [-0.1, -0.05) is 39.3 Å². The molecule has 26 heteroatoms. The molecular formula is C58H96O26. The lowest BCUT2D eigenvalue weighted by molar-refractivity contribution is -0.394. The number of rotatable bonds is 17. The Hall–Kier alpha value is -1.30. The van der Waals surface area contributed by atoms with Gasteiger partial charge in [-0.3, -0.25) is 0 Å². The van der Waals surface area contributed by atoms with Crippen LogP contribution in [0.25, 0.3) is 0 Å². The number of hydrogen-bond donors (Lipinski definition) is 14. The van der Waals surface area contributed by atoms with Gasteiger partial charge in [0.15, 0.2) is 37.2 Å². The van der Waals surface area contributed by atoms with E-state index in [2.05, 4.69) is 26.8 Å². The molecule has 484 valence electrons. The number of ether oxygens (including phenoxy) is 12. The Balaban J connectivity index is 0.792. The second-order valence-corrected chi connectivity index (χ2v) is 26.8. The molecule has 9 fully saturated rings. The second kappa shape index (κ2) is 25.8. The van der Waals surface area contributed by atoms with Crippen molar-refractivity contribution in [3.8, 4) is 0 Å². The summed E-state index contributed by atoms with van der Waals surface area (Å²) in [7, 11) is 1.71. The molecule has 36 unspecified atom stereocenters. The number of aliphatic hydroxyl groups is 14. The number of fused-ring (bicyclic) bond motifs is 7. The molecule has 10 rings (SSSR count). The Labute approximate surface area is 489 Å². The molecule has 0 amide bonds. The van der Waals surface area contributed by atoms with Crippen LogP contribution in [-0.2, 0) is 56.8 Å². The van der Waals surface area contributed by atoms with Gasteiger partial charge in [-0.25, -0.2) is 0 Å². The van der Waals surface area contributed by atoms with Crippen LogP contribution < -0.4 is 0 Å². The summed E-state index contributed by atoms with van der Waals surface area (Å²) in [5, 5.41) is 150. The predicted octanol–water partition coefficient (Wildman–Crippen LogP) is -2.47. The van der Waals surface area contributed by atoms with Crippen molar-refractivity contribution >= 4 is 0 Å². The number of allylic oxidation sites excluding steroid dienone is 1. The lowest BCUT2D eigenvalue weighted by Crippen LogP contribution is -2.67. The van der Waals surface area contributed by atoms with Gasteiger partial charge in [0.2, 0.25) is 0 Å². The Morgan fingerprint density at radius 2 is 1.13 bits per heavy atom. The minimum atomic E-state index is -1.88. The third kappa shape index (κ3) is 11.8. The highest BCUT2D eigenvalue weighted by atomic mass is 16.8. The maximum Gasteiger partial charge on any atom is 0.187 e. The molecule has 3 saturated carbocycles. The van der Waals surface area contributed by atoms with Gasteiger partial charge < -0.3 is 128 Å². The van der Waals surface area contributed by atoms with Crippen molar-refractivity contribution in [2.45, 2.75) is 278 Å². The van der Waals surface area contributed by atoms with Gasteiger partial charge in [-0.05, 0) is 113 Å². The lowest BCUT2D eigenvalue weighted by Gasteiger charge is -2.58. The van der Waals surface area contributed by atoms with Crippen LogP contribution in [0.1, 0.15) is 106 Å². The van der Waals surface area contributed by atoms with Gasteiger partial charge in [-0.15, -0.1) is 0 Å². The SMILES string of the molecule is COC1(CCC(C)COC2OC(CO)C(O)C(O)C2O)OC2CC3C4CC=C5CC(OC6OC(CO)C(OC7OC(C)C(OC8OC(C)C(O)C(O)C8O)C(O)C7O)C(O)C6OC6OC(C)C(O)C(O)C6O)CCC5(C)C4CCC3(C)C2C1C. The van der Waals surface area contributed by atoms with E-state index in [-0.39, 0.29) is 41.3 Å². The van der Waals surface area contributed by atoms with Gasteiger partial charge in [0.1, 0.15) is 104 Å². The fourth-order valence-electron chi connectivity index (χ4n) is 16.7. The highest BCUT2D eigenvalue weighted by Gasteiger charge is 2.69. The van der Waals surface area contributed by atoms with E-state index in [9.17, 15) is 71.5 Å². The highest BCUT2D eigenvalue weighted by Crippen LogP contribution is 2.70. The van der Waals surface area contributed by atoms with E-state index in [0.717, 1.165) is 32.1 Å². The predicted molar refractivity (Wildman–Crippen MR) is 285 cm³/mol. The molecule has 14 N–H and O–H groups in total. The summed E-state index contributed by atoms with van der Waals surface area (Å²) in [5.74, 6) is 0.707. The molecule has 84 heavy (non-hydrogen) atoms. The summed E-state index contributed by atoms with van der Waals surface area (Å²) in [6.07, 6.45) is -28.2. The van der Waals surface area contributed by atoms with Crippen LogP contribution in [0.5, 0.6) is 0 Å². The zero-order chi connectivity index (χ0) is 60.8. The summed E-state index contributed by atoms with van der Waals surface area (Å²) in [4.78, 5) is 0. The van der Waals surface area contributed by atoms with Crippen LogP contribution in [0.15, 0.2) is 11.6 Å². The van der Waals surface area contributed by atoms with Crippen molar-refractivity contribution in [2.24, 2.45) is 46.3 Å². The molecule has 0 aromatic heterocycles. The number of hydrogen-bond acceptors (Lipinski definition) is 26. The molecule has 6 aliphatic heterocycles. The van der Waals surface area contributed by atoms with Crippen molar-refractivity contribution in [3.05, 3.63) is 11.6 Å². The first-order valence-corrected chi connectivity index (χ1v) is 30.5. The zero-order valence-electron chi connectivity index (χ0n) is 49.3. The van der Waals surface area contributed by atoms with Crippen molar-refractivity contribution in [1.82, 2.24) is 0 Å². The molecule has 0 bridgehead atoms. The molecule has 0 radical (unpaired) electrons. The van der Waals surface area contributed by atoms with E-state index in [1.807, 2.05) is 6.92 Å². The van der Waals surface area contributed by atoms with Crippen molar-refractivity contribution in [3.63, 3.8) is 0 Å². The van der Waals surface area contributed by atoms with Gasteiger partial charge >= 0.3 is 0 Å². The van der Waals surface area contributed by atoms with Gasteiger partial charge in [0, 0.05) is 19.4 Å². The van der Waals surface area contributed by atoms with E-state index in [0.29, 0.717) is 43.4 Å². The summed E-state index contributed by atoms with van der Waals surface area (Å²) in [5.41, 5.74) is 1.09. The van der Waals surface area contributed by atoms with Crippen molar-refractivity contribution < 1.29 is 128 Å². The minimum absolute atomic E-state index is 0.000235. The Kier molecular flexibility index (Phi) is 20.1. The number of methoxy groups -OCH3 is 1. The van der Waals surface area contributed by atoms with Gasteiger partial charge in [-0.2, -0.15) is 0 Å². The average molecular weight is 1210 g/mol. The maximum absolute atomic E-state index is 12.3. The van der Waals surface area contributed by atoms with Gasteiger partial charge in [0.05, 0.1) is 50.3 Å². The van der Waals surface area contributed by atoms with Crippen molar-refractivity contribution in [1.29, 1.82) is 0 Å². The van der Waals surface area contributed by atoms with Crippen LogP contribution in [0.2, 0.25) is 0 Å². The molecule has 0 spiro atoms. The quantitative estimate of drug-likeness (QED) is 0.0671. The first kappa shape index (κ1) is 65.6. The van der Waals surface area contributed by atoms with Crippen LogP contribution in [0.3, 0.4) is 0 Å². The van der Waals surface area contributed by atoms with E-state index >= 15 is 0 Å². The largest absolute Gasteiger partial charge is 0.394 e. The smallest absolute Gasteiger partial charge is 0.187 e. The summed E-state index contributed by atoms with van der Waals surface area (Å²) in [6, 6.07) is 0. The van der Waals surface area contributed by atoms with E-state index in [1.54, 1.807) is 7.11 Å². The van der Waals surface area contributed by atoms with E-state index in [1.165, 1.54) is 26.3 Å². The summed E-state index contributed by atoms with van der Waals surface area (Å²) < 4.78 is 73.6. The van der Waals surface area contributed by atoms with Crippen LogP contribution in [-0.4, -0.2) is 270 Å². The molecule has 6 heterocycles. The van der Waals surface area contributed by atoms with Gasteiger partial charge in [0.25, 0.3) is 0 Å². The monoisotopic (exact) mass is 1210 g/mol. The highest BCUT2D eigenvalue weighted by molar-refractivity contribution is 5.26. The molecule has 0 aromatic carbocycles. The third-order valence-corrected chi connectivity index (χ3v) is 21.8. The lowest BCUT2D eigenvalue weighted by atomic mass is 9.47. The Morgan fingerprint density at radius 3 is 1.75 bits per heavy atom. The molecule has 4 aliphatic carbocycles. The number of aliphatic hydroxyl groups excluding tert-OH is 14. The molecular weight excluding hydrogens is 1110 g/mol. The Bertz CT molecular complexity index is 2220. The average Bonchev–Trinajstić information content (AvgIpc) is 1.99. The summed E-state index contributed by atoms with van der Waals surface area (Å²) >= 11 is 0. The maximum atomic E-state index is 12.3. The molecule has 10 aliphatic rings. The first-order valence-electron chi connectivity index (χ1n) is 30.5. The fourth-order valence-corrected chi connectivity index (χ4v) is 16.7. The molecule has 0 aromatic rings.